The number of rotatable bonds is 8. The Labute approximate surface area is 194 Å². The van der Waals surface area contributed by atoms with Gasteiger partial charge < -0.3 is 20.9 Å². The van der Waals surface area contributed by atoms with E-state index in [1.165, 1.54) is 0 Å². The van der Waals surface area contributed by atoms with Crippen LogP contribution in [0.15, 0.2) is 54.7 Å². The second-order valence-corrected chi connectivity index (χ2v) is 8.38. The van der Waals surface area contributed by atoms with E-state index in [0.717, 1.165) is 10.9 Å². The van der Waals surface area contributed by atoms with Gasteiger partial charge in [-0.2, -0.15) is 0 Å². The van der Waals surface area contributed by atoms with Crippen LogP contribution in [0.1, 0.15) is 28.3 Å². The van der Waals surface area contributed by atoms with Crippen molar-refractivity contribution in [3.63, 3.8) is 0 Å². The Kier molecular flexibility index (Phi) is 5.39. The fourth-order valence-electron chi connectivity index (χ4n) is 4.06. The number of ether oxygens (including phenoxy) is 2. The average molecular weight is 462 g/mol. The van der Waals surface area contributed by atoms with E-state index < -0.39 is 17.2 Å². The standard InChI is InChI=1S/C24H22N4O6/c25-22(30)24(23(26)31)10-18(24)13-1-4-15(5-2-13)33-20-7-8-27-19-9-14(3-6-17(19)20)21(29)28-34-16-11-32-12-16/h1-9,16,18H,10-12H2,(H2,25,30)(H2,26,31)(H,28,29). The van der Waals surface area contributed by atoms with Gasteiger partial charge in [0.2, 0.25) is 11.8 Å². The van der Waals surface area contributed by atoms with Gasteiger partial charge in [0.05, 0.1) is 18.7 Å². The second-order valence-electron chi connectivity index (χ2n) is 8.38. The minimum atomic E-state index is -1.32. The summed E-state index contributed by atoms with van der Waals surface area (Å²) in [6, 6.07) is 13.9. The van der Waals surface area contributed by atoms with Crippen molar-refractivity contribution in [1.29, 1.82) is 0 Å². The summed E-state index contributed by atoms with van der Waals surface area (Å²) in [6.45, 7) is 0.915. The van der Waals surface area contributed by atoms with Crippen LogP contribution in [-0.4, -0.2) is 42.0 Å². The maximum absolute atomic E-state index is 12.3. The van der Waals surface area contributed by atoms with Crippen molar-refractivity contribution in [2.75, 3.05) is 13.2 Å². The quantitative estimate of drug-likeness (QED) is 0.338. The summed E-state index contributed by atoms with van der Waals surface area (Å²) in [5.41, 5.74) is 13.7. The number of primary amides is 2. The molecule has 1 aliphatic heterocycles. The van der Waals surface area contributed by atoms with Crippen molar-refractivity contribution in [3.8, 4) is 11.5 Å². The molecule has 10 nitrogen and oxygen atoms in total. The van der Waals surface area contributed by atoms with Gasteiger partial charge in [-0.05, 0) is 48.4 Å². The normalized spacial score (nSPS) is 18.6. The molecule has 2 aromatic carbocycles. The lowest BCUT2D eigenvalue weighted by molar-refractivity contribution is -0.152. The van der Waals surface area contributed by atoms with Crippen LogP contribution in [0.5, 0.6) is 11.5 Å². The lowest BCUT2D eigenvalue weighted by Crippen LogP contribution is -2.41. The molecule has 3 aromatic rings. The number of hydrogen-bond acceptors (Lipinski definition) is 7. The smallest absolute Gasteiger partial charge is 0.274 e. The minimum absolute atomic E-state index is 0.128. The molecule has 5 rings (SSSR count). The van der Waals surface area contributed by atoms with Crippen LogP contribution < -0.4 is 21.7 Å². The molecule has 0 bridgehead atoms. The summed E-state index contributed by atoms with van der Waals surface area (Å²) in [4.78, 5) is 45.4. The monoisotopic (exact) mass is 462 g/mol. The van der Waals surface area contributed by atoms with Gasteiger partial charge in [-0.15, -0.1) is 0 Å². The van der Waals surface area contributed by atoms with Gasteiger partial charge in [-0.1, -0.05) is 12.1 Å². The lowest BCUT2D eigenvalue weighted by atomic mass is 9.97. The Morgan fingerprint density at radius 1 is 1.03 bits per heavy atom. The molecule has 1 aromatic heterocycles. The Hall–Kier alpha value is -4.02. The summed E-state index contributed by atoms with van der Waals surface area (Å²) >= 11 is 0. The molecule has 2 fully saturated rings. The summed E-state index contributed by atoms with van der Waals surface area (Å²) in [5, 5.41) is 0.722. The van der Waals surface area contributed by atoms with E-state index in [2.05, 4.69) is 10.5 Å². The predicted molar refractivity (Wildman–Crippen MR) is 120 cm³/mol. The molecule has 2 aliphatic rings. The molecule has 1 saturated heterocycles. The number of pyridine rings is 1. The molecule has 1 atom stereocenters. The van der Waals surface area contributed by atoms with Crippen LogP contribution in [0.4, 0.5) is 0 Å². The summed E-state index contributed by atoms with van der Waals surface area (Å²) in [6.07, 6.45) is 1.77. The third kappa shape index (κ3) is 3.82. The largest absolute Gasteiger partial charge is 0.457 e. The molecule has 1 saturated carbocycles. The zero-order valence-corrected chi connectivity index (χ0v) is 18.0. The molecule has 1 aliphatic carbocycles. The Morgan fingerprint density at radius 2 is 1.76 bits per heavy atom. The predicted octanol–water partition coefficient (Wildman–Crippen LogP) is 1.53. The van der Waals surface area contributed by atoms with E-state index in [9.17, 15) is 14.4 Å². The third-order valence-electron chi connectivity index (χ3n) is 6.24. The van der Waals surface area contributed by atoms with Gasteiger partial charge in [0, 0.05) is 23.1 Å². The summed E-state index contributed by atoms with van der Waals surface area (Å²) in [5.74, 6) is -0.999. The first-order chi connectivity index (χ1) is 16.4. The molecule has 1 unspecified atom stereocenters. The maximum Gasteiger partial charge on any atom is 0.274 e. The van der Waals surface area contributed by atoms with E-state index in [0.29, 0.717) is 42.2 Å². The van der Waals surface area contributed by atoms with Crippen molar-refractivity contribution in [2.45, 2.75) is 18.4 Å². The number of amides is 3. The molecule has 5 N–H and O–H groups in total. The van der Waals surface area contributed by atoms with E-state index in [-0.39, 0.29) is 17.9 Å². The molecule has 0 radical (unpaired) electrons. The fourth-order valence-corrected chi connectivity index (χ4v) is 4.06. The van der Waals surface area contributed by atoms with Crippen LogP contribution in [-0.2, 0) is 19.2 Å². The van der Waals surface area contributed by atoms with Crippen molar-refractivity contribution in [2.24, 2.45) is 16.9 Å². The number of hydrogen-bond donors (Lipinski definition) is 3. The molecule has 0 spiro atoms. The van der Waals surface area contributed by atoms with Crippen molar-refractivity contribution >= 4 is 28.6 Å². The maximum atomic E-state index is 12.3. The summed E-state index contributed by atoms with van der Waals surface area (Å²) < 4.78 is 11.0. The molecule has 3 amide bonds. The van der Waals surface area contributed by atoms with Crippen LogP contribution in [0, 0.1) is 5.41 Å². The Balaban J connectivity index is 1.30. The van der Waals surface area contributed by atoms with Crippen molar-refractivity contribution in [1.82, 2.24) is 10.5 Å². The number of benzene rings is 2. The first-order valence-electron chi connectivity index (χ1n) is 10.7. The molecule has 34 heavy (non-hydrogen) atoms. The zero-order valence-electron chi connectivity index (χ0n) is 18.0. The number of aromatic nitrogens is 1. The number of carbonyl (C=O) groups excluding carboxylic acids is 3. The highest BCUT2D eigenvalue weighted by molar-refractivity contribution is 6.08. The number of nitrogens with two attached hydrogens (primary N) is 2. The molecule has 2 heterocycles. The number of nitrogens with zero attached hydrogens (tertiary/aromatic N) is 1. The van der Waals surface area contributed by atoms with Gasteiger partial charge in [0.1, 0.15) is 23.0 Å². The fraction of sp³-hybridized carbons (Fsp3) is 0.250. The highest BCUT2D eigenvalue weighted by atomic mass is 16.7. The van der Waals surface area contributed by atoms with Gasteiger partial charge in [0.25, 0.3) is 5.91 Å². The highest BCUT2D eigenvalue weighted by Crippen LogP contribution is 2.59. The van der Waals surface area contributed by atoms with Gasteiger partial charge in [0.15, 0.2) is 0 Å². The minimum Gasteiger partial charge on any atom is -0.457 e. The van der Waals surface area contributed by atoms with Gasteiger partial charge in [-0.3, -0.25) is 24.2 Å². The van der Waals surface area contributed by atoms with Crippen molar-refractivity contribution in [3.05, 3.63) is 65.9 Å². The van der Waals surface area contributed by atoms with Crippen LogP contribution >= 0.6 is 0 Å². The number of hydroxylamine groups is 1. The SMILES string of the molecule is NC(=O)C1(C(N)=O)CC1c1ccc(Oc2ccnc3cc(C(=O)NOC4COC4)ccc23)cc1. The van der Waals surface area contributed by atoms with Crippen LogP contribution in [0.25, 0.3) is 10.9 Å². The molecular formula is C24H22N4O6. The third-order valence-corrected chi connectivity index (χ3v) is 6.24. The van der Waals surface area contributed by atoms with E-state index >= 15 is 0 Å². The Morgan fingerprint density at radius 3 is 2.38 bits per heavy atom. The first-order valence-corrected chi connectivity index (χ1v) is 10.7. The van der Waals surface area contributed by atoms with Gasteiger partial charge in [-0.25, -0.2) is 5.48 Å². The van der Waals surface area contributed by atoms with Crippen molar-refractivity contribution < 1.29 is 28.7 Å². The topological polar surface area (TPSA) is 156 Å². The first kappa shape index (κ1) is 21.8. The second kappa shape index (κ2) is 8.40. The molecule has 10 heteroatoms. The number of nitrogens with one attached hydrogen (secondary N) is 1. The van der Waals surface area contributed by atoms with Crippen LogP contribution in [0.3, 0.4) is 0 Å². The number of fused-ring (bicyclic) bond motifs is 1. The zero-order chi connectivity index (χ0) is 23.9. The van der Waals surface area contributed by atoms with E-state index in [1.807, 2.05) is 0 Å². The Bertz CT molecular complexity index is 1270. The van der Waals surface area contributed by atoms with Crippen LogP contribution in [0.2, 0.25) is 0 Å². The lowest BCUT2D eigenvalue weighted by Gasteiger charge is -2.25. The van der Waals surface area contributed by atoms with E-state index in [1.54, 1.807) is 54.7 Å². The summed E-state index contributed by atoms with van der Waals surface area (Å²) in [7, 11) is 0. The molecular weight excluding hydrogens is 440 g/mol. The van der Waals surface area contributed by atoms with E-state index in [4.69, 9.17) is 25.8 Å². The number of carbonyl (C=O) groups is 3. The average Bonchev–Trinajstić information content (AvgIpc) is 3.56. The highest BCUT2D eigenvalue weighted by Gasteiger charge is 2.64. The van der Waals surface area contributed by atoms with Gasteiger partial charge >= 0.3 is 0 Å². The molecule has 174 valence electrons.